The van der Waals surface area contributed by atoms with Crippen molar-refractivity contribution >= 4 is 17.0 Å². The van der Waals surface area contributed by atoms with Crippen molar-refractivity contribution in [3.05, 3.63) is 35.9 Å². The minimum absolute atomic E-state index is 0. The topological polar surface area (TPSA) is 9.23 Å². The van der Waals surface area contributed by atoms with Crippen LogP contribution < -0.4 is 0 Å². The summed E-state index contributed by atoms with van der Waals surface area (Å²) in [6, 6.07) is 9.08. The second-order valence-electron chi connectivity index (χ2n) is 2.53. The molecule has 76 valence electrons. The van der Waals surface area contributed by atoms with E-state index in [1.165, 1.54) is 0 Å². The Morgan fingerprint density at radius 3 is 2.21 bits per heavy atom. The first kappa shape index (κ1) is 14.1. The number of rotatable bonds is 3. The fraction of sp³-hybridized carbons (Fsp3) is 0.250. The van der Waals surface area contributed by atoms with Crippen LogP contribution in [0.15, 0.2) is 30.3 Å². The van der Waals surface area contributed by atoms with Crippen LogP contribution in [-0.4, -0.2) is 6.36 Å². The van der Waals surface area contributed by atoms with E-state index in [2.05, 4.69) is 3.56 Å². The molecule has 0 aromatic heterocycles. The van der Waals surface area contributed by atoms with Gasteiger partial charge in [-0.25, -0.2) is 0 Å². The van der Waals surface area contributed by atoms with Gasteiger partial charge in [0.25, 0.3) is 0 Å². The third-order valence-corrected chi connectivity index (χ3v) is 4.25. The van der Waals surface area contributed by atoms with Gasteiger partial charge in [0.1, 0.15) is 0 Å². The Hall–Kier alpha value is 0.0734. The molecule has 0 fully saturated rings. The Kier molecular flexibility index (Phi) is 6.57. The number of halogens is 4. The van der Waals surface area contributed by atoms with E-state index in [0.717, 1.165) is 5.56 Å². The first-order valence-electron chi connectivity index (χ1n) is 3.82. The molecule has 0 aliphatic rings. The van der Waals surface area contributed by atoms with Gasteiger partial charge in [-0.15, -0.1) is 17.0 Å². The average Bonchev–Trinajstić information content (AvgIpc) is 2.04. The van der Waals surface area contributed by atoms with Crippen molar-refractivity contribution in [2.45, 2.75) is 11.4 Å². The molecule has 0 aliphatic heterocycles. The van der Waals surface area contributed by atoms with Crippen LogP contribution in [0.5, 0.6) is 0 Å². The fourth-order valence-electron chi connectivity index (χ4n) is 0.929. The van der Waals surface area contributed by atoms with Crippen molar-refractivity contribution in [1.82, 2.24) is 0 Å². The Labute approximate surface area is 98.4 Å². The molecule has 6 heteroatoms. The molecule has 1 aromatic rings. The Morgan fingerprint density at radius 1 is 1.14 bits per heavy atom. The monoisotopic (exact) mass is 320 g/mol. The van der Waals surface area contributed by atoms with Gasteiger partial charge in [-0.2, -0.15) is 0 Å². The molecule has 1 nitrogen and oxygen atoms in total. The van der Waals surface area contributed by atoms with Crippen LogP contribution in [0.25, 0.3) is 0 Å². The molecule has 0 radical (unpaired) electrons. The molecule has 0 saturated carbocycles. The first-order valence-corrected chi connectivity index (χ1v) is 7.13. The molecule has 1 aromatic carbocycles. The van der Waals surface area contributed by atoms with Crippen LogP contribution >= 0.6 is 17.0 Å². The minimum atomic E-state index is -4.44. The first-order chi connectivity index (χ1) is 6.08. The van der Waals surface area contributed by atoms with Crippen LogP contribution in [0, 0.1) is 0 Å². The molecule has 0 aliphatic carbocycles. The summed E-state index contributed by atoms with van der Waals surface area (Å²) in [4.78, 5) is 0. The summed E-state index contributed by atoms with van der Waals surface area (Å²) in [7, 11) is 0. The predicted octanol–water partition coefficient (Wildman–Crippen LogP) is 3.30. The summed E-state index contributed by atoms with van der Waals surface area (Å²) < 4.78 is 38.6. The van der Waals surface area contributed by atoms with Gasteiger partial charge in [0, 0.05) is 0 Å². The third-order valence-electron chi connectivity index (χ3n) is 1.50. The van der Waals surface area contributed by atoms with Gasteiger partial charge in [-0.05, 0) is 0 Å². The van der Waals surface area contributed by atoms with E-state index in [0.29, 0.717) is 5.02 Å². The normalized spacial score (nSPS) is 10.2. The average molecular weight is 322 g/mol. The van der Waals surface area contributed by atoms with Crippen molar-refractivity contribution < 1.29 is 34.2 Å². The van der Waals surface area contributed by atoms with Crippen LogP contribution in [0.4, 0.5) is 13.2 Å². The molecule has 1 rings (SSSR count). The van der Waals surface area contributed by atoms with E-state index in [9.17, 15) is 13.2 Å². The van der Waals surface area contributed by atoms with Gasteiger partial charge in [0.15, 0.2) is 0 Å². The number of hydrogen-bond donors (Lipinski definition) is 0. The van der Waals surface area contributed by atoms with Gasteiger partial charge in [-0.1, -0.05) is 0 Å². The maximum atomic E-state index is 11.6. The van der Waals surface area contributed by atoms with E-state index in [-0.39, 0.29) is 17.0 Å². The SMILES string of the molecule is Br.FC(F)(F)[O][Zn][CH2]c1ccccc1. The molecule has 0 saturated heterocycles. The summed E-state index contributed by atoms with van der Waals surface area (Å²) in [5.74, 6) is 0. The van der Waals surface area contributed by atoms with E-state index in [4.69, 9.17) is 0 Å². The van der Waals surface area contributed by atoms with Gasteiger partial charge in [-0.3, -0.25) is 0 Å². The molecule has 14 heavy (non-hydrogen) atoms. The van der Waals surface area contributed by atoms with E-state index >= 15 is 0 Å². The zero-order valence-electron chi connectivity index (χ0n) is 7.25. The Balaban J connectivity index is 0.00000169. The second kappa shape index (κ2) is 6.54. The number of alkyl halides is 3. The molecule has 0 N–H and O–H groups in total. The fourth-order valence-corrected chi connectivity index (χ4v) is 2.82. The summed E-state index contributed by atoms with van der Waals surface area (Å²) in [5, 5.41) is 0.466. The Morgan fingerprint density at radius 2 is 1.71 bits per heavy atom. The summed E-state index contributed by atoms with van der Waals surface area (Å²) in [6.07, 6.45) is -4.44. The third kappa shape index (κ3) is 6.52. The summed E-state index contributed by atoms with van der Waals surface area (Å²) in [6.45, 7) is 0. The Bertz CT molecular complexity index is 253. The standard InChI is InChI=1S/C7H7.CF3O.BrH.Zn/c1-7-5-3-2-4-6-7;2-1(3,4)5;;/h2-6H,1H2;;1H;/q;-1;;+1. The predicted molar refractivity (Wildman–Crippen MR) is 47.6 cm³/mol. The molecule has 0 spiro atoms. The molecule has 0 atom stereocenters. The number of hydrogen-bond acceptors (Lipinski definition) is 1. The molecule has 0 unspecified atom stereocenters. The molecule has 0 amide bonds. The number of benzene rings is 1. The van der Waals surface area contributed by atoms with Crippen LogP contribution in [-0.2, 0) is 26.1 Å². The maximum absolute atomic E-state index is 11.6. The van der Waals surface area contributed by atoms with Crippen LogP contribution in [0.1, 0.15) is 5.56 Å². The van der Waals surface area contributed by atoms with Crippen LogP contribution in [0.3, 0.4) is 0 Å². The van der Waals surface area contributed by atoms with E-state index in [1.54, 1.807) is 0 Å². The molecular weight excluding hydrogens is 314 g/mol. The van der Waals surface area contributed by atoms with Crippen molar-refractivity contribution in [2.24, 2.45) is 0 Å². The molecule has 0 bridgehead atoms. The molecular formula is C8H8BrF3OZn. The zero-order valence-corrected chi connectivity index (χ0v) is 11.9. The summed E-state index contributed by atoms with van der Waals surface area (Å²) >= 11 is -1.93. The summed E-state index contributed by atoms with van der Waals surface area (Å²) in [5.41, 5.74) is 0.923. The quantitative estimate of drug-likeness (QED) is 0.776. The van der Waals surface area contributed by atoms with Gasteiger partial charge >= 0.3 is 81.5 Å². The van der Waals surface area contributed by atoms with Crippen molar-refractivity contribution in [3.63, 3.8) is 0 Å². The van der Waals surface area contributed by atoms with E-state index in [1.807, 2.05) is 30.3 Å². The van der Waals surface area contributed by atoms with Gasteiger partial charge in [0.2, 0.25) is 0 Å². The van der Waals surface area contributed by atoms with E-state index < -0.39 is 23.8 Å². The van der Waals surface area contributed by atoms with Crippen molar-refractivity contribution in [2.75, 3.05) is 0 Å². The van der Waals surface area contributed by atoms with Gasteiger partial charge in [0.05, 0.1) is 0 Å². The second-order valence-corrected chi connectivity index (χ2v) is 5.04. The van der Waals surface area contributed by atoms with Crippen molar-refractivity contribution in [3.8, 4) is 0 Å². The van der Waals surface area contributed by atoms with Gasteiger partial charge < -0.3 is 0 Å². The van der Waals surface area contributed by atoms with Crippen molar-refractivity contribution in [1.29, 1.82) is 0 Å². The van der Waals surface area contributed by atoms with Crippen LogP contribution in [0.2, 0.25) is 0 Å². The zero-order chi connectivity index (χ0) is 9.73. The molecule has 0 heterocycles.